The summed E-state index contributed by atoms with van der Waals surface area (Å²) < 4.78 is 0. The van der Waals surface area contributed by atoms with Crippen LogP contribution < -0.4 is 15.5 Å². The van der Waals surface area contributed by atoms with Gasteiger partial charge in [-0.2, -0.15) is 0 Å². The summed E-state index contributed by atoms with van der Waals surface area (Å²) in [5, 5.41) is 7.68. The van der Waals surface area contributed by atoms with E-state index in [2.05, 4.69) is 10.6 Å². The predicted octanol–water partition coefficient (Wildman–Crippen LogP) is 4.30. The largest absolute Gasteiger partial charge is 0.348 e. The topological polar surface area (TPSA) is 78.5 Å². The van der Waals surface area contributed by atoms with Crippen LogP contribution >= 0.6 is 11.3 Å². The minimum Gasteiger partial charge on any atom is -0.348 e. The normalized spacial score (nSPS) is 12.8. The lowest BCUT2D eigenvalue weighted by Gasteiger charge is -2.20. The number of nitrogens with zero attached hydrogens (tertiary/aromatic N) is 1. The van der Waals surface area contributed by atoms with Gasteiger partial charge in [0.05, 0.1) is 16.1 Å². The van der Waals surface area contributed by atoms with E-state index in [1.54, 1.807) is 37.4 Å². The fourth-order valence-corrected chi connectivity index (χ4v) is 3.96. The van der Waals surface area contributed by atoms with Crippen LogP contribution in [0.2, 0.25) is 0 Å². The van der Waals surface area contributed by atoms with E-state index in [4.69, 9.17) is 0 Å². The highest BCUT2D eigenvalue weighted by Crippen LogP contribution is 2.30. The van der Waals surface area contributed by atoms with Gasteiger partial charge in [0.1, 0.15) is 0 Å². The van der Waals surface area contributed by atoms with Crippen LogP contribution in [0.5, 0.6) is 0 Å². The van der Waals surface area contributed by atoms with E-state index in [-0.39, 0.29) is 23.6 Å². The number of thiophene rings is 1. The van der Waals surface area contributed by atoms with Crippen molar-refractivity contribution in [3.05, 3.63) is 82.0 Å². The van der Waals surface area contributed by atoms with Crippen LogP contribution in [-0.2, 0) is 11.3 Å². The molecular weight excluding hydrogens is 410 g/mol. The molecule has 3 aromatic rings. The Morgan fingerprint density at radius 1 is 1.03 bits per heavy atom. The van der Waals surface area contributed by atoms with Gasteiger partial charge in [-0.05, 0) is 54.1 Å². The molecule has 1 saturated carbocycles. The molecule has 1 aromatic heterocycles. The molecule has 2 N–H and O–H groups in total. The van der Waals surface area contributed by atoms with Gasteiger partial charge in [0.2, 0.25) is 5.91 Å². The zero-order valence-corrected chi connectivity index (χ0v) is 17.9. The lowest BCUT2D eigenvalue weighted by Crippen LogP contribution is -2.30. The summed E-state index contributed by atoms with van der Waals surface area (Å²) in [6, 6.07) is 18.1. The van der Waals surface area contributed by atoms with Crippen molar-refractivity contribution in [3.8, 4) is 0 Å². The molecule has 0 radical (unpaired) electrons. The van der Waals surface area contributed by atoms with Crippen molar-refractivity contribution in [2.24, 2.45) is 5.92 Å². The Labute approximate surface area is 184 Å². The minimum absolute atomic E-state index is 0.0496. The lowest BCUT2D eigenvalue weighted by atomic mass is 10.1. The second-order valence-corrected chi connectivity index (χ2v) is 8.45. The molecular formula is C24H23N3O3S. The highest BCUT2D eigenvalue weighted by Gasteiger charge is 2.29. The predicted molar refractivity (Wildman–Crippen MR) is 122 cm³/mol. The van der Waals surface area contributed by atoms with Crippen LogP contribution in [0, 0.1) is 5.92 Å². The van der Waals surface area contributed by atoms with E-state index >= 15 is 0 Å². The third-order valence-corrected chi connectivity index (χ3v) is 6.00. The van der Waals surface area contributed by atoms with Crippen molar-refractivity contribution in [3.63, 3.8) is 0 Å². The summed E-state index contributed by atoms with van der Waals surface area (Å²) in [6.07, 6.45) is 1.90. The Morgan fingerprint density at radius 3 is 2.58 bits per heavy atom. The van der Waals surface area contributed by atoms with Crippen LogP contribution in [0.15, 0.2) is 66.0 Å². The summed E-state index contributed by atoms with van der Waals surface area (Å²) in [5.74, 6) is -0.245. The summed E-state index contributed by atoms with van der Waals surface area (Å²) in [7, 11) is 1.67. The molecule has 1 heterocycles. The maximum atomic E-state index is 12.9. The molecule has 0 atom stereocenters. The molecule has 1 aliphatic carbocycles. The minimum atomic E-state index is -0.270. The zero-order valence-electron chi connectivity index (χ0n) is 17.1. The number of carbonyl (C=O) groups excluding carboxylic acids is 3. The first kappa shape index (κ1) is 20.8. The number of hydrogen-bond donors (Lipinski definition) is 2. The summed E-state index contributed by atoms with van der Waals surface area (Å²) >= 11 is 1.37. The van der Waals surface area contributed by atoms with E-state index in [1.807, 2.05) is 35.7 Å². The van der Waals surface area contributed by atoms with Gasteiger partial charge in [0.25, 0.3) is 11.8 Å². The quantitative estimate of drug-likeness (QED) is 0.583. The number of para-hydroxylation sites is 1. The Morgan fingerprint density at radius 2 is 1.84 bits per heavy atom. The SMILES string of the molecule is CN(C(=O)c1cccs1)c1ccccc1C(=O)NCc1cccc(NC(=O)C2CC2)c1. The average molecular weight is 434 g/mol. The van der Waals surface area contributed by atoms with E-state index in [9.17, 15) is 14.4 Å². The fraction of sp³-hybridized carbons (Fsp3) is 0.208. The first-order valence-corrected chi connectivity index (χ1v) is 11.0. The standard InChI is InChI=1S/C24H23N3O3S/c1-27(24(30)21-10-5-13-31-21)20-9-3-2-8-19(20)23(29)25-15-16-6-4-7-18(14-16)26-22(28)17-11-12-17/h2-10,13-14,17H,11-12,15H2,1H3,(H,25,29)(H,26,28). The number of nitrogens with one attached hydrogen (secondary N) is 2. The molecule has 1 aliphatic rings. The number of amides is 3. The molecule has 7 heteroatoms. The van der Waals surface area contributed by atoms with Crippen LogP contribution in [0.1, 0.15) is 38.4 Å². The lowest BCUT2D eigenvalue weighted by molar-refractivity contribution is -0.117. The summed E-state index contributed by atoms with van der Waals surface area (Å²) in [4.78, 5) is 39.7. The second-order valence-electron chi connectivity index (χ2n) is 7.51. The molecule has 2 aromatic carbocycles. The summed E-state index contributed by atoms with van der Waals surface area (Å²) in [5.41, 5.74) is 2.57. The summed E-state index contributed by atoms with van der Waals surface area (Å²) in [6.45, 7) is 0.308. The Balaban J connectivity index is 1.43. The third kappa shape index (κ3) is 5.00. The van der Waals surface area contributed by atoms with Crippen LogP contribution in [-0.4, -0.2) is 24.8 Å². The average Bonchev–Trinajstić information content (AvgIpc) is 3.51. The fourth-order valence-electron chi connectivity index (χ4n) is 3.26. The van der Waals surface area contributed by atoms with Gasteiger partial charge in [-0.3, -0.25) is 14.4 Å². The van der Waals surface area contributed by atoms with Gasteiger partial charge in [-0.25, -0.2) is 0 Å². The van der Waals surface area contributed by atoms with Crippen molar-refractivity contribution in [1.82, 2.24) is 5.32 Å². The highest BCUT2D eigenvalue weighted by atomic mass is 32.1. The third-order valence-electron chi connectivity index (χ3n) is 5.14. The second kappa shape index (κ2) is 9.14. The van der Waals surface area contributed by atoms with Crippen molar-refractivity contribution < 1.29 is 14.4 Å². The van der Waals surface area contributed by atoms with E-state index in [0.29, 0.717) is 22.7 Å². The van der Waals surface area contributed by atoms with Gasteiger partial charge >= 0.3 is 0 Å². The number of rotatable bonds is 7. The molecule has 0 aliphatic heterocycles. The van der Waals surface area contributed by atoms with Gasteiger partial charge in [0, 0.05) is 25.2 Å². The van der Waals surface area contributed by atoms with Gasteiger partial charge < -0.3 is 15.5 Å². The van der Waals surface area contributed by atoms with Crippen molar-refractivity contribution in [2.75, 3.05) is 17.3 Å². The first-order chi connectivity index (χ1) is 15.0. The van der Waals surface area contributed by atoms with Crippen LogP contribution in [0.3, 0.4) is 0 Å². The molecule has 4 rings (SSSR count). The smallest absolute Gasteiger partial charge is 0.268 e. The van der Waals surface area contributed by atoms with E-state index in [1.165, 1.54) is 16.2 Å². The molecule has 31 heavy (non-hydrogen) atoms. The molecule has 3 amide bonds. The van der Waals surface area contributed by atoms with E-state index in [0.717, 1.165) is 24.1 Å². The number of hydrogen-bond acceptors (Lipinski definition) is 4. The maximum absolute atomic E-state index is 12.9. The van der Waals surface area contributed by atoms with Crippen molar-refractivity contribution >= 4 is 40.4 Å². The van der Waals surface area contributed by atoms with Crippen LogP contribution in [0.4, 0.5) is 11.4 Å². The van der Waals surface area contributed by atoms with Gasteiger partial charge in [-0.15, -0.1) is 11.3 Å². The van der Waals surface area contributed by atoms with Gasteiger partial charge in [-0.1, -0.05) is 30.3 Å². The molecule has 158 valence electrons. The van der Waals surface area contributed by atoms with Crippen molar-refractivity contribution in [2.45, 2.75) is 19.4 Å². The number of benzene rings is 2. The zero-order chi connectivity index (χ0) is 21.8. The molecule has 0 unspecified atom stereocenters. The van der Waals surface area contributed by atoms with Gasteiger partial charge in [0.15, 0.2) is 0 Å². The Hall–Kier alpha value is -3.45. The highest BCUT2D eigenvalue weighted by molar-refractivity contribution is 7.12. The molecule has 0 bridgehead atoms. The maximum Gasteiger partial charge on any atom is 0.268 e. The van der Waals surface area contributed by atoms with Crippen LogP contribution in [0.25, 0.3) is 0 Å². The Kier molecular flexibility index (Phi) is 6.13. The van der Waals surface area contributed by atoms with E-state index < -0.39 is 0 Å². The van der Waals surface area contributed by atoms with Crippen molar-refractivity contribution in [1.29, 1.82) is 0 Å². The monoisotopic (exact) mass is 433 g/mol. The molecule has 1 fully saturated rings. The molecule has 6 nitrogen and oxygen atoms in total. The number of anilines is 2. The Bertz CT molecular complexity index is 1110. The first-order valence-electron chi connectivity index (χ1n) is 10.1. The number of carbonyl (C=O) groups is 3. The molecule has 0 spiro atoms. The molecule has 0 saturated heterocycles.